The second kappa shape index (κ2) is 9.18. The first-order chi connectivity index (χ1) is 13.9. The standard InChI is InChI=1S/C19H17F3N4O3/c20-19(21,22)14-3-5-15(6-4-14)28-11-10-24-16(27)7-8-17-25-18(26-29-17)13-2-1-9-23-12-13/h1-6,9,12H,7-8,10-11H2,(H,24,27). The summed E-state index contributed by atoms with van der Waals surface area (Å²) >= 11 is 0. The SMILES string of the molecule is O=C(CCc1nc(-c2cccnc2)no1)NCCOc1ccc(C(F)(F)F)cc1. The van der Waals surface area contributed by atoms with Gasteiger partial charge in [0.2, 0.25) is 17.6 Å². The Hall–Kier alpha value is -3.43. The summed E-state index contributed by atoms with van der Waals surface area (Å²) in [6, 6.07) is 7.91. The Kier molecular flexibility index (Phi) is 6.43. The van der Waals surface area contributed by atoms with E-state index in [1.165, 1.54) is 12.1 Å². The molecular weight excluding hydrogens is 389 g/mol. The lowest BCUT2D eigenvalue weighted by Crippen LogP contribution is -2.28. The van der Waals surface area contributed by atoms with Crippen molar-refractivity contribution in [2.75, 3.05) is 13.2 Å². The molecule has 10 heteroatoms. The summed E-state index contributed by atoms with van der Waals surface area (Å²) in [6.07, 6.45) is -0.717. The summed E-state index contributed by atoms with van der Waals surface area (Å²) < 4.78 is 47.9. The van der Waals surface area contributed by atoms with Crippen LogP contribution in [0, 0.1) is 0 Å². The molecule has 0 atom stereocenters. The Morgan fingerprint density at radius 1 is 1.17 bits per heavy atom. The predicted octanol–water partition coefficient (Wildman–Crippen LogP) is 3.28. The number of aryl methyl sites for hydroxylation is 1. The molecule has 7 nitrogen and oxygen atoms in total. The third kappa shape index (κ3) is 6.03. The number of benzene rings is 1. The van der Waals surface area contributed by atoms with Crippen LogP contribution in [0.2, 0.25) is 0 Å². The Morgan fingerprint density at radius 2 is 1.97 bits per heavy atom. The molecule has 0 spiro atoms. The number of carbonyl (C=O) groups excluding carboxylic acids is 1. The average Bonchev–Trinajstić information content (AvgIpc) is 3.19. The summed E-state index contributed by atoms with van der Waals surface area (Å²) in [4.78, 5) is 20.1. The quantitative estimate of drug-likeness (QED) is 0.578. The van der Waals surface area contributed by atoms with Gasteiger partial charge in [0.1, 0.15) is 12.4 Å². The summed E-state index contributed by atoms with van der Waals surface area (Å²) in [5.74, 6) is 0.793. The highest BCUT2D eigenvalue weighted by Crippen LogP contribution is 2.30. The third-order valence-corrected chi connectivity index (χ3v) is 3.83. The van der Waals surface area contributed by atoms with Crippen molar-refractivity contribution in [1.29, 1.82) is 0 Å². The first-order valence-corrected chi connectivity index (χ1v) is 8.71. The minimum absolute atomic E-state index is 0.128. The number of rotatable bonds is 8. The highest BCUT2D eigenvalue weighted by molar-refractivity contribution is 5.76. The number of halogens is 3. The number of alkyl halides is 3. The molecule has 0 unspecified atom stereocenters. The predicted molar refractivity (Wildman–Crippen MR) is 95.8 cm³/mol. The van der Waals surface area contributed by atoms with Crippen LogP contribution in [0.4, 0.5) is 13.2 Å². The molecule has 1 amide bonds. The number of aromatic nitrogens is 3. The molecule has 0 aliphatic rings. The monoisotopic (exact) mass is 406 g/mol. The Balaban J connectivity index is 1.36. The fourth-order valence-corrected chi connectivity index (χ4v) is 2.38. The molecule has 0 aliphatic heterocycles. The zero-order valence-electron chi connectivity index (χ0n) is 15.1. The normalized spacial score (nSPS) is 11.3. The zero-order valence-corrected chi connectivity index (χ0v) is 15.1. The first kappa shape index (κ1) is 20.3. The lowest BCUT2D eigenvalue weighted by Gasteiger charge is -2.09. The van der Waals surface area contributed by atoms with E-state index in [0.29, 0.717) is 23.0 Å². The van der Waals surface area contributed by atoms with Gasteiger partial charge in [-0.1, -0.05) is 5.16 Å². The molecular formula is C19H17F3N4O3. The van der Waals surface area contributed by atoms with Crippen molar-refractivity contribution < 1.29 is 27.2 Å². The smallest absolute Gasteiger partial charge is 0.416 e. The second-order valence-electron chi connectivity index (χ2n) is 5.97. The van der Waals surface area contributed by atoms with Gasteiger partial charge in [-0.3, -0.25) is 9.78 Å². The lowest BCUT2D eigenvalue weighted by molar-refractivity contribution is -0.137. The molecule has 1 aromatic carbocycles. The third-order valence-electron chi connectivity index (χ3n) is 3.83. The fourth-order valence-electron chi connectivity index (χ4n) is 2.38. The second-order valence-corrected chi connectivity index (χ2v) is 5.97. The van der Waals surface area contributed by atoms with Crippen LogP contribution in [0.1, 0.15) is 17.9 Å². The number of ether oxygens (including phenoxy) is 1. The van der Waals surface area contributed by atoms with Crippen molar-refractivity contribution in [3.8, 4) is 17.1 Å². The molecule has 1 N–H and O–H groups in total. The summed E-state index contributed by atoms with van der Waals surface area (Å²) in [5.41, 5.74) is -0.0294. The van der Waals surface area contributed by atoms with Gasteiger partial charge in [-0.15, -0.1) is 0 Å². The van der Waals surface area contributed by atoms with Crippen LogP contribution in [0.25, 0.3) is 11.4 Å². The minimum atomic E-state index is -4.39. The zero-order chi connectivity index (χ0) is 20.7. The van der Waals surface area contributed by atoms with E-state index in [0.717, 1.165) is 12.1 Å². The highest BCUT2D eigenvalue weighted by Gasteiger charge is 2.30. The van der Waals surface area contributed by atoms with Gasteiger partial charge in [0, 0.05) is 30.8 Å². The van der Waals surface area contributed by atoms with E-state index in [4.69, 9.17) is 9.26 Å². The number of amides is 1. The molecule has 0 saturated heterocycles. The van der Waals surface area contributed by atoms with Crippen LogP contribution < -0.4 is 10.1 Å². The van der Waals surface area contributed by atoms with E-state index in [9.17, 15) is 18.0 Å². The van der Waals surface area contributed by atoms with Gasteiger partial charge >= 0.3 is 6.18 Å². The van der Waals surface area contributed by atoms with Crippen molar-refractivity contribution in [3.05, 3.63) is 60.2 Å². The Labute approximate surface area is 163 Å². The maximum Gasteiger partial charge on any atom is 0.416 e. The van der Waals surface area contributed by atoms with Gasteiger partial charge in [-0.2, -0.15) is 18.2 Å². The maximum atomic E-state index is 12.5. The highest BCUT2D eigenvalue weighted by atomic mass is 19.4. The maximum absolute atomic E-state index is 12.5. The van der Waals surface area contributed by atoms with Gasteiger partial charge in [-0.05, 0) is 36.4 Å². The lowest BCUT2D eigenvalue weighted by atomic mass is 10.2. The minimum Gasteiger partial charge on any atom is -0.492 e. The average molecular weight is 406 g/mol. The molecule has 2 aromatic heterocycles. The van der Waals surface area contributed by atoms with Crippen LogP contribution in [0.15, 0.2) is 53.3 Å². The molecule has 0 fully saturated rings. The Morgan fingerprint density at radius 3 is 2.66 bits per heavy atom. The summed E-state index contributed by atoms with van der Waals surface area (Å²) in [7, 11) is 0. The first-order valence-electron chi connectivity index (χ1n) is 8.71. The van der Waals surface area contributed by atoms with Gasteiger partial charge < -0.3 is 14.6 Å². The molecule has 0 aliphatic carbocycles. The number of carbonyl (C=O) groups is 1. The van der Waals surface area contributed by atoms with Gasteiger partial charge in [0.25, 0.3) is 0 Å². The van der Waals surface area contributed by atoms with E-state index in [-0.39, 0.29) is 31.9 Å². The molecule has 0 saturated carbocycles. The number of pyridine rings is 1. The van der Waals surface area contributed by atoms with Crippen molar-refractivity contribution in [2.45, 2.75) is 19.0 Å². The van der Waals surface area contributed by atoms with E-state index < -0.39 is 11.7 Å². The number of hydrogen-bond acceptors (Lipinski definition) is 6. The van der Waals surface area contributed by atoms with E-state index in [2.05, 4.69) is 20.4 Å². The van der Waals surface area contributed by atoms with Crippen molar-refractivity contribution in [1.82, 2.24) is 20.4 Å². The summed E-state index contributed by atoms with van der Waals surface area (Å²) in [5, 5.41) is 6.50. The molecule has 152 valence electrons. The van der Waals surface area contributed by atoms with Gasteiger partial charge in [0.15, 0.2) is 0 Å². The molecule has 3 rings (SSSR count). The van der Waals surface area contributed by atoms with Crippen molar-refractivity contribution in [3.63, 3.8) is 0 Å². The molecule has 0 bridgehead atoms. The topological polar surface area (TPSA) is 90.1 Å². The van der Waals surface area contributed by atoms with Crippen LogP contribution in [-0.4, -0.2) is 34.2 Å². The molecule has 2 heterocycles. The molecule has 0 radical (unpaired) electrons. The Bertz CT molecular complexity index is 928. The van der Waals surface area contributed by atoms with Gasteiger partial charge in [0.05, 0.1) is 12.1 Å². The van der Waals surface area contributed by atoms with Gasteiger partial charge in [-0.25, -0.2) is 0 Å². The van der Waals surface area contributed by atoms with Crippen LogP contribution in [-0.2, 0) is 17.4 Å². The number of nitrogens with one attached hydrogen (secondary N) is 1. The van der Waals surface area contributed by atoms with E-state index >= 15 is 0 Å². The number of nitrogens with zero attached hydrogens (tertiary/aromatic N) is 3. The van der Waals surface area contributed by atoms with E-state index in [1.54, 1.807) is 24.5 Å². The fraction of sp³-hybridized carbons (Fsp3) is 0.263. The van der Waals surface area contributed by atoms with E-state index in [1.807, 2.05) is 0 Å². The number of hydrogen-bond donors (Lipinski definition) is 1. The van der Waals surface area contributed by atoms with Crippen LogP contribution >= 0.6 is 0 Å². The summed E-state index contributed by atoms with van der Waals surface area (Å²) in [6.45, 7) is 0.341. The molecule has 29 heavy (non-hydrogen) atoms. The molecule has 3 aromatic rings. The van der Waals surface area contributed by atoms with Crippen molar-refractivity contribution in [2.24, 2.45) is 0 Å². The van der Waals surface area contributed by atoms with Crippen molar-refractivity contribution >= 4 is 5.91 Å². The van der Waals surface area contributed by atoms with Crippen LogP contribution in [0.5, 0.6) is 5.75 Å². The van der Waals surface area contributed by atoms with Crippen LogP contribution in [0.3, 0.4) is 0 Å². The largest absolute Gasteiger partial charge is 0.492 e.